The van der Waals surface area contributed by atoms with Gasteiger partial charge >= 0.3 is 0 Å². The number of rotatable bonds is 3. The van der Waals surface area contributed by atoms with Crippen molar-refractivity contribution in [1.29, 1.82) is 0 Å². The molecule has 2 heterocycles. The van der Waals surface area contributed by atoms with Crippen LogP contribution in [-0.4, -0.2) is 34.1 Å². The van der Waals surface area contributed by atoms with Crippen LogP contribution in [-0.2, 0) is 0 Å². The molecule has 1 aliphatic heterocycles. The summed E-state index contributed by atoms with van der Waals surface area (Å²) >= 11 is 6.05. The normalized spacial score (nSPS) is 26.8. The first kappa shape index (κ1) is 13.9. The first-order chi connectivity index (χ1) is 9.72. The Hall–Kier alpha value is -1.10. The lowest BCUT2D eigenvalue weighted by atomic mass is 9.86. The van der Waals surface area contributed by atoms with E-state index in [1.807, 2.05) is 0 Å². The molecule has 1 aromatic rings. The highest BCUT2D eigenvalue weighted by Gasteiger charge is 2.23. The van der Waals surface area contributed by atoms with Gasteiger partial charge in [-0.3, -0.25) is 0 Å². The van der Waals surface area contributed by atoms with E-state index in [0.717, 1.165) is 13.1 Å². The van der Waals surface area contributed by atoms with Crippen LogP contribution in [0.25, 0.3) is 0 Å². The maximum Gasteiger partial charge on any atom is 0.231 e. The molecular weight excluding hydrogens is 274 g/mol. The third kappa shape index (κ3) is 3.14. The largest absolute Gasteiger partial charge is 0.351 e. The summed E-state index contributed by atoms with van der Waals surface area (Å²) in [6.07, 6.45) is 7.46. The summed E-state index contributed by atoms with van der Waals surface area (Å²) in [5.41, 5.74) is 0. The Morgan fingerprint density at radius 1 is 1.05 bits per heavy atom. The molecule has 2 atom stereocenters. The number of aromatic nitrogens is 3. The first-order valence-corrected chi connectivity index (χ1v) is 8.03. The van der Waals surface area contributed by atoms with Gasteiger partial charge in [-0.15, -0.1) is 0 Å². The molecule has 2 fully saturated rings. The highest BCUT2D eigenvalue weighted by atomic mass is 35.5. The summed E-state index contributed by atoms with van der Waals surface area (Å²) in [7, 11) is 0. The smallest absolute Gasteiger partial charge is 0.231 e. The minimum absolute atomic E-state index is 0.285. The summed E-state index contributed by atoms with van der Waals surface area (Å²) in [6.45, 7) is 4.32. The average Bonchev–Trinajstić information content (AvgIpc) is 2.95. The molecule has 0 radical (unpaired) electrons. The predicted octanol–water partition coefficient (Wildman–Crippen LogP) is 3.12. The van der Waals surface area contributed by atoms with Crippen molar-refractivity contribution in [3.8, 4) is 0 Å². The number of nitrogens with one attached hydrogen (secondary N) is 1. The summed E-state index contributed by atoms with van der Waals surface area (Å²) in [6, 6.07) is 0.452. The Balaban J connectivity index is 1.75. The standard InChI is InChI=1S/C14H22ClN5/c1-10-6-2-3-7-11(10)16-13-17-12(15)18-14(19-13)20-8-4-5-9-20/h10-11H,2-9H2,1H3,(H,16,17,18,19). The number of halogens is 1. The molecule has 110 valence electrons. The van der Waals surface area contributed by atoms with Crippen molar-refractivity contribution in [2.45, 2.75) is 51.5 Å². The van der Waals surface area contributed by atoms with E-state index in [4.69, 9.17) is 11.6 Å². The number of hydrogen-bond acceptors (Lipinski definition) is 5. The summed E-state index contributed by atoms with van der Waals surface area (Å²) in [5.74, 6) is 2.01. The molecule has 2 unspecified atom stereocenters. The molecular formula is C14H22ClN5. The third-order valence-electron chi connectivity index (χ3n) is 4.41. The van der Waals surface area contributed by atoms with Crippen LogP contribution in [0.15, 0.2) is 0 Å². The lowest BCUT2D eigenvalue weighted by Gasteiger charge is -2.29. The molecule has 1 aromatic heterocycles. The Kier molecular flexibility index (Phi) is 4.24. The van der Waals surface area contributed by atoms with Gasteiger partial charge in [0.1, 0.15) is 0 Å². The average molecular weight is 296 g/mol. The molecule has 1 saturated carbocycles. The molecule has 3 rings (SSSR count). The van der Waals surface area contributed by atoms with E-state index >= 15 is 0 Å². The highest BCUT2D eigenvalue weighted by molar-refractivity contribution is 6.28. The van der Waals surface area contributed by atoms with Gasteiger partial charge in [0.05, 0.1) is 0 Å². The van der Waals surface area contributed by atoms with Crippen LogP contribution in [0.2, 0.25) is 5.28 Å². The topological polar surface area (TPSA) is 53.9 Å². The second-order valence-corrected chi connectivity index (χ2v) is 6.27. The van der Waals surface area contributed by atoms with Crippen LogP contribution in [0.3, 0.4) is 0 Å². The van der Waals surface area contributed by atoms with Crippen molar-refractivity contribution in [3.05, 3.63) is 5.28 Å². The summed E-state index contributed by atoms with van der Waals surface area (Å²) < 4.78 is 0. The second kappa shape index (κ2) is 6.12. The maximum absolute atomic E-state index is 6.05. The van der Waals surface area contributed by atoms with Gasteiger partial charge in [0.15, 0.2) is 0 Å². The second-order valence-electron chi connectivity index (χ2n) is 5.93. The van der Waals surface area contributed by atoms with Crippen LogP contribution in [0, 0.1) is 5.92 Å². The third-order valence-corrected chi connectivity index (χ3v) is 4.58. The quantitative estimate of drug-likeness (QED) is 0.928. The van der Waals surface area contributed by atoms with E-state index in [9.17, 15) is 0 Å². The SMILES string of the molecule is CC1CCCCC1Nc1nc(Cl)nc(N2CCCC2)n1. The number of hydrogen-bond donors (Lipinski definition) is 1. The molecule has 1 N–H and O–H groups in total. The molecule has 0 spiro atoms. The van der Waals surface area contributed by atoms with E-state index in [2.05, 4.69) is 32.1 Å². The van der Waals surface area contributed by atoms with E-state index in [-0.39, 0.29) is 5.28 Å². The zero-order chi connectivity index (χ0) is 13.9. The van der Waals surface area contributed by atoms with Gasteiger partial charge in [0, 0.05) is 19.1 Å². The minimum atomic E-state index is 0.285. The molecule has 5 nitrogen and oxygen atoms in total. The fourth-order valence-corrected chi connectivity index (χ4v) is 3.31. The fraction of sp³-hybridized carbons (Fsp3) is 0.786. The molecule has 6 heteroatoms. The van der Waals surface area contributed by atoms with Crippen molar-refractivity contribution in [2.24, 2.45) is 5.92 Å². The molecule has 1 saturated heterocycles. The Labute approximate surface area is 125 Å². The van der Waals surface area contributed by atoms with Crippen LogP contribution < -0.4 is 10.2 Å². The molecule has 0 aromatic carbocycles. The van der Waals surface area contributed by atoms with Crippen LogP contribution in [0.4, 0.5) is 11.9 Å². The molecule has 2 aliphatic rings. The van der Waals surface area contributed by atoms with Gasteiger partial charge in [0.2, 0.25) is 17.2 Å². The monoisotopic (exact) mass is 295 g/mol. The molecule has 0 bridgehead atoms. The molecule has 1 aliphatic carbocycles. The minimum Gasteiger partial charge on any atom is -0.351 e. The van der Waals surface area contributed by atoms with Crippen molar-refractivity contribution >= 4 is 23.5 Å². The lowest BCUT2D eigenvalue weighted by Crippen LogP contribution is -2.31. The summed E-state index contributed by atoms with van der Waals surface area (Å²) in [4.78, 5) is 15.2. The van der Waals surface area contributed by atoms with Crippen molar-refractivity contribution < 1.29 is 0 Å². The predicted molar refractivity (Wildman–Crippen MR) is 81.3 cm³/mol. The van der Waals surface area contributed by atoms with Gasteiger partial charge in [-0.2, -0.15) is 15.0 Å². The lowest BCUT2D eigenvalue weighted by molar-refractivity contribution is 0.348. The van der Waals surface area contributed by atoms with Gasteiger partial charge in [0.25, 0.3) is 0 Å². The molecule has 0 amide bonds. The van der Waals surface area contributed by atoms with Gasteiger partial charge in [-0.1, -0.05) is 19.8 Å². The molecule has 20 heavy (non-hydrogen) atoms. The van der Waals surface area contributed by atoms with E-state index in [0.29, 0.717) is 23.9 Å². The highest BCUT2D eigenvalue weighted by Crippen LogP contribution is 2.26. The fourth-order valence-electron chi connectivity index (χ4n) is 3.16. The van der Waals surface area contributed by atoms with Crippen LogP contribution in [0.5, 0.6) is 0 Å². The van der Waals surface area contributed by atoms with Gasteiger partial charge in [-0.05, 0) is 43.2 Å². The zero-order valence-corrected chi connectivity index (χ0v) is 12.7. The van der Waals surface area contributed by atoms with E-state index in [1.165, 1.54) is 38.5 Å². The van der Waals surface area contributed by atoms with Gasteiger partial charge in [-0.25, -0.2) is 0 Å². The van der Waals surface area contributed by atoms with Crippen LogP contribution >= 0.6 is 11.6 Å². The van der Waals surface area contributed by atoms with Crippen LogP contribution in [0.1, 0.15) is 45.4 Å². The van der Waals surface area contributed by atoms with Crippen molar-refractivity contribution in [2.75, 3.05) is 23.3 Å². The van der Waals surface area contributed by atoms with E-state index in [1.54, 1.807) is 0 Å². The number of anilines is 2. The van der Waals surface area contributed by atoms with E-state index < -0.39 is 0 Å². The van der Waals surface area contributed by atoms with Crippen molar-refractivity contribution in [1.82, 2.24) is 15.0 Å². The zero-order valence-electron chi connectivity index (χ0n) is 12.0. The first-order valence-electron chi connectivity index (χ1n) is 7.65. The Bertz CT molecular complexity index is 461. The van der Waals surface area contributed by atoms with Crippen molar-refractivity contribution in [3.63, 3.8) is 0 Å². The number of nitrogens with zero attached hydrogens (tertiary/aromatic N) is 4. The Morgan fingerprint density at radius 3 is 2.55 bits per heavy atom. The van der Waals surface area contributed by atoms with Gasteiger partial charge < -0.3 is 10.2 Å². The Morgan fingerprint density at radius 2 is 1.80 bits per heavy atom. The maximum atomic E-state index is 6.05. The summed E-state index contributed by atoms with van der Waals surface area (Å²) in [5, 5.41) is 3.75.